The van der Waals surface area contributed by atoms with Crippen LogP contribution in [0.15, 0.2) is 42.9 Å². The molecule has 33 heavy (non-hydrogen) atoms. The van der Waals surface area contributed by atoms with E-state index >= 15 is 0 Å². The Balaban J connectivity index is 1.70. The lowest BCUT2D eigenvalue weighted by molar-refractivity contribution is 0.391. The molecule has 11 nitrogen and oxygen atoms in total. The maximum Gasteiger partial charge on any atom is 0.241 e. The fourth-order valence-corrected chi connectivity index (χ4v) is 3.93. The number of hydrogen-bond donors (Lipinski definition) is 1. The molecule has 172 valence electrons. The number of para-hydroxylation sites is 1. The average Bonchev–Trinajstić information content (AvgIpc) is 3.43. The van der Waals surface area contributed by atoms with Crippen molar-refractivity contribution in [2.45, 2.75) is 6.42 Å². The number of aromatic nitrogens is 7. The summed E-state index contributed by atoms with van der Waals surface area (Å²) in [6.07, 6.45) is 4.20. The molecule has 0 saturated carbocycles. The molecule has 0 aliphatic rings. The minimum atomic E-state index is -1.57. The van der Waals surface area contributed by atoms with E-state index in [1.165, 1.54) is 14.2 Å². The number of benzene rings is 1. The Kier molecular flexibility index (Phi) is 6.58. The number of aryl methyl sites for hydroxylation is 2. The van der Waals surface area contributed by atoms with Gasteiger partial charge in [-0.25, -0.2) is 18.6 Å². The summed E-state index contributed by atoms with van der Waals surface area (Å²) < 4.78 is 43.1. The molecule has 0 spiro atoms. The van der Waals surface area contributed by atoms with Crippen molar-refractivity contribution < 1.29 is 18.1 Å². The fourth-order valence-electron chi connectivity index (χ4n) is 3.12. The SMILES string of the molecule is COc1cccc(OC)c1-n1c(NS(=O)CCc2ncc(F)cn2)nnc1-c1ccn(C)n1. The van der Waals surface area contributed by atoms with Crippen LogP contribution in [0.4, 0.5) is 10.3 Å². The molecular weight excluding hydrogens is 451 g/mol. The van der Waals surface area contributed by atoms with Crippen LogP contribution in [0.25, 0.3) is 17.2 Å². The second-order valence-electron chi connectivity index (χ2n) is 6.79. The summed E-state index contributed by atoms with van der Waals surface area (Å²) in [5.41, 5.74) is 1.08. The lowest BCUT2D eigenvalue weighted by atomic mass is 10.2. The van der Waals surface area contributed by atoms with Gasteiger partial charge in [-0.1, -0.05) is 6.07 Å². The van der Waals surface area contributed by atoms with E-state index in [1.807, 2.05) is 0 Å². The van der Waals surface area contributed by atoms with Gasteiger partial charge in [0.05, 0.1) is 32.4 Å². The molecule has 1 aromatic carbocycles. The van der Waals surface area contributed by atoms with Crippen molar-refractivity contribution in [2.24, 2.45) is 7.05 Å². The average molecular weight is 473 g/mol. The van der Waals surface area contributed by atoms with E-state index in [4.69, 9.17) is 9.47 Å². The molecule has 0 amide bonds. The lowest BCUT2D eigenvalue weighted by Gasteiger charge is -2.17. The van der Waals surface area contributed by atoms with Crippen LogP contribution in [0.3, 0.4) is 0 Å². The number of rotatable bonds is 9. The largest absolute Gasteiger partial charge is 0.494 e. The maximum atomic E-state index is 13.0. The van der Waals surface area contributed by atoms with Gasteiger partial charge in [0, 0.05) is 19.7 Å². The number of nitrogens with zero attached hydrogens (tertiary/aromatic N) is 7. The standard InChI is InChI=1S/C20H21FN8O3S/c1-28-9-7-14(26-28)19-24-25-20(27-33(30)10-8-17-22-11-13(21)12-23-17)29(19)18-15(31-2)5-4-6-16(18)32-3/h4-7,9,11-12H,8,10H2,1-3H3,(H,25,27). The van der Waals surface area contributed by atoms with E-state index in [0.717, 1.165) is 12.4 Å². The van der Waals surface area contributed by atoms with Crippen LogP contribution in [-0.2, 0) is 24.5 Å². The molecule has 0 fully saturated rings. The van der Waals surface area contributed by atoms with E-state index in [-0.39, 0.29) is 18.1 Å². The highest BCUT2D eigenvalue weighted by Gasteiger charge is 2.24. The molecule has 3 heterocycles. The first-order valence-corrected chi connectivity index (χ1v) is 11.1. The monoisotopic (exact) mass is 472 g/mol. The molecule has 1 N–H and O–H groups in total. The van der Waals surface area contributed by atoms with Crippen LogP contribution in [0.1, 0.15) is 5.82 Å². The topological polar surface area (TPSA) is 122 Å². The maximum absolute atomic E-state index is 13.0. The van der Waals surface area contributed by atoms with Gasteiger partial charge >= 0.3 is 0 Å². The Hall–Kier alpha value is -3.87. The number of ether oxygens (including phenoxy) is 2. The normalized spacial score (nSPS) is 11.9. The van der Waals surface area contributed by atoms with Crippen molar-refractivity contribution in [2.75, 3.05) is 24.7 Å². The van der Waals surface area contributed by atoms with Crippen LogP contribution >= 0.6 is 0 Å². The molecule has 4 aromatic rings. The Morgan fingerprint density at radius 2 is 1.79 bits per heavy atom. The van der Waals surface area contributed by atoms with E-state index in [0.29, 0.717) is 34.5 Å². The van der Waals surface area contributed by atoms with Crippen LogP contribution in [0, 0.1) is 5.82 Å². The van der Waals surface area contributed by atoms with Crippen molar-refractivity contribution in [3.8, 4) is 28.7 Å². The smallest absolute Gasteiger partial charge is 0.241 e. The summed E-state index contributed by atoms with van der Waals surface area (Å²) >= 11 is 0. The van der Waals surface area contributed by atoms with Gasteiger partial charge in [-0.3, -0.25) is 14.0 Å². The molecule has 4 rings (SSSR count). The third-order valence-electron chi connectivity index (χ3n) is 4.62. The highest BCUT2D eigenvalue weighted by atomic mass is 32.2. The summed E-state index contributed by atoms with van der Waals surface area (Å²) in [5.74, 6) is 1.63. The van der Waals surface area contributed by atoms with Gasteiger partial charge in [0.15, 0.2) is 11.6 Å². The molecule has 0 saturated heterocycles. The molecule has 13 heteroatoms. The number of halogens is 1. The van der Waals surface area contributed by atoms with Gasteiger partial charge in [0.1, 0.15) is 39.7 Å². The van der Waals surface area contributed by atoms with Gasteiger partial charge in [0.2, 0.25) is 5.95 Å². The van der Waals surface area contributed by atoms with Gasteiger partial charge in [-0.2, -0.15) is 5.10 Å². The van der Waals surface area contributed by atoms with E-state index in [9.17, 15) is 8.60 Å². The molecule has 0 aliphatic carbocycles. The van der Waals surface area contributed by atoms with E-state index < -0.39 is 16.8 Å². The van der Waals surface area contributed by atoms with Crippen molar-refractivity contribution in [3.05, 3.63) is 54.5 Å². The quantitative estimate of drug-likeness (QED) is 0.392. The zero-order valence-corrected chi connectivity index (χ0v) is 18.9. The van der Waals surface area contributed by atoms with E-state index in [1.54, 1.807) is 46.8 Å². The van der Waals surface area contributed by atoms with Crippen LogP contribution in [0.5, 0.6) is 11.5 Å². The van der Waals surface area contributed by atoms with Gasteiger partial charge < -0.3 is 9.47 Å². The van der Waals surface area contributed by atoms with Crippen molar-refractivity contribution in [1.82, 2.24) is 34.5 Å². The lowest BCUT2D eigenvalue weighted by Crippen LogP contribution is -2.16. The molecular formula is C20H21FN8O3S. The minimum Gasteiger partial charge on any atom is -0.494 e. The first-order chi connectivity index (χ1) is 16.0. The molecule has 0 radical (unpaired) electrons. The van der Waals surface area contributed by atoms with Gasteiger partial charge in [-0.15, -0.1) is 10.2 Å². The summed E-state index contributed by atoms with van der Waals surface area (Å²) in [6.45, 7) is 0. The summed E-state index contributed by atoms with van der Waals surface area (Å²) in [7, 11) is 3.30. The van der Waals surface area contributed by atoms with Crippen molar-refractivity contribution in [3.63, 3.8) is 0 Å². The molecule has 3 aromatic heterocycles. The van der Waals surface area contributed by atoms with Crippen LogP contribution < -0.4 is 14.2 Å². The summed E-state index contributed by atoms with van der Waals surface area (Å²) in [6, 6.07) is 7.12. The Bertz CT molecular complexity index is 1250. The zero-order chi connectivity index (χ0) is 23.4. The molecule has 1 unspecified atom stereocenters. The van der Waals surface area contributed by atoms with Crippen LogP contribution in [-0.4, -0.2) is 58.7 Å². The second kappa shape index (κ2) is 9.73. The summed E-state index contributed by atoms with van der Waals surface area (Å²) in [4.78, 5) is 7.78. The predicted octanol–water partition coefficient (Wildman–Crippen LogP) is 1.93. The Labute approximate surface area is 191 Å². The third kappa shape index (κ3) is 4.82. The number of nitrogens with one attached hydrogen (secondary N) is 1. The van der Waals surface area contributed by atoms with Crippen molar-refractivity contribution >= 4 is 16.9 Å². The number of methoxy groups -OCH3 is 2. The first-order valence-electron chi connectivity index (χ1n) is 9.78. The number of anilines is 1. The minimum absolute atomic E-state index is 0.167. The van der Waals surface area contributed by atoms with Crippen molar-refractivity contribution in [1.29, 1.82) is 0 Å². The second-order valence-corrected chi connectivity index (χ2v) is 8.09. The highest BCUT2D eigenvalue weighted by Crippen LogP contribution is 2.37. The molecule has 0 aliphatic heterocycles. The van der Waals surface area contributed by atoms with Crippen LogP contribution in [0.2, 0.25) is 0 Å². The molecule has 0 bridgehead atoms. The Morgan fingerprint density at radius 3 is 2.39 bits per heavy atom. The first kappa shape index (κ1) is 22.3. The fraction of sp³-hybridized carbons (Fsp3) is 0.250. The Morgan fingerprint density at radius 1 is 1.09 bits per heavy atom. The predicted molar refractivity (Wildman–Crippen MR) is 119 cm³/mol. The van der Waals surface area contributed by atoms with E-state index in [2.05, 4.69) is 30.0 Å². The van der Waals surface area contributed by atoms with Gasteiger partial charge in [-0.05, 0) is 18.2 Å². The third-order valence-corrected chi connectivity index (χ3v) is 5.61. The zero-order valence-electron chi connectivity index (χ0n) is 18.1. The summed E-state index contributed by atoms with van der Waals surface area (Å²) in [5, 5.41) is 12.9. The van der Waals surface area contributed by atoms with Gasteiger partial charge in [0.25, 0.3) is 0 Å². The highest BCUT2D eigenvalue weighted by molar-refractivity contribution is 7.86. The molecule has 1 atom stereocenters. The number of hydrogen-bond acceptors (Lipinski definition) is 8.